The largest absolute Gasteiger partial charge is 0.446 e. The molecule has 0 aliphatic heterocycles. The van der Waals surface area contributed by atoms with Gasteiger partial charge in [-0.25, -0.2) is 0 Å². The summed E-state index contributed by atoms with van der Waals surface area (Å²) >= 11 is 0.658. The van der Waals surface area contributed by atoms with Gasteiger partial charge in [-0.3, -0.25) is 0 Å². The van der Waals surface area contributed by atoms with Gasteiger partial charge in [-0.1, -0.05) is 6.07 Å². The van der Waals surface area contributed by atoms with Gasteiger partial charge in [0.1, 0.15) is 5.40 Å². The third kappa shape index (κ3) is 3.94. The van der Waals surface area contributed by atoms with Gasteiger partial charge < -0.3 is 0 Å². The van der Waals surface area contributed by atoms with Gasteiger partial charge in [-0.15, -0.1) is 0 Å². The van der Waals surface area contributed by atoms with Crippen LogP contribution in [0.1, 0.15) is 0 Å². The smallest absolute Gasteiger partial charge is 0.185 e. The molecular formula is C8H4F3NS2. The molecule has 1 rings (SSSR count). The zero-order valence-corrected chi connectivity index (χ0v) is 8.34. The number of thioether (sulfide) groups is 2. The van der Waals surface area contributed by atoms with Crippen LogP contribution in [0.15, 0.2) is 34.1 Å². The van der Waals surface area contributed by atoms with E-state index in [0.29, 0.717) is 4.90 Å². The molecule has 0 fully saturated rings. The molecule has 1 aromatic carbocycles. The first-order valence-corrected chi connectivity index (χ1v) is 5.06. The van der Waals surface area contributed by atoms with Crippen molar-refractivity contribution < 1.29 is 13.2 Å². The van der Waals surface area contributed by atoms with E-state index in [1.54, 1.807) is 11.5 Å². The number of alkyl halides is 3. The van der Waals surface area contributed by atoms with E-state index in [2.05, 4.69) is 0 Å². The van der Waals surface area contributed by atoms with Gasteiger partial charge >= 0.3 is 5.51 Å². The topological polar surface area (TPSA) is 23.8 Å². The molecule has 6 heteroatoms. The molecule has 0 radical (unpaired) electrons. The molecule has 0 amide bonds. The van der Waals surface area contributed by atoms with Crippen LogP contribution in [0.5, 0.6) is 0 Å². The molecule has 0 atom stereocenters. The molecule has 0 unspecified atom stereocenters. The van der Waals surface area contributed by atoms with Gasteiger partial charge in [0, 0.05) is 9.79 Å². The maximum atomic E-state index is 12.0. The summed E-state index contributed by atoms with van der Waals surface area (Å²) in [5.41, 5.74) is -4.28. The first-order valence-electron chi connectivity index (χ1n) is 3.43. The Morgan fingerprint density at radius 2 is 1.86 bits per heavy atom. The molecule has 0 aliphatic carbocycles. The molecule has 0 heterocycles. The lowest BCUT2D eigenvalue weighted by atomic mass is 10.4. The van der Waals surface area contributed by atoms with Crippen molar-refractivity contribution in [3.63, 3.8) is 0 Å². The molecule has 14 heavy (non-hydrogen) atoms. The van der Waals surface area contributed by atoms with Gasteiger partial charge in [-0.2, -0.15) is 18.4 Å². The van der Waals surface area contributed by atoms with Crippen LogP contribution in [0.2, 0.25) is 0 Å². The van der Waals surface area contributed by atoms with Crippen molar-refractivity contribution >= 4 is 23.5 Å². The quantitative estimate of drug-likeness (QED) is 0.574. The zero-order valence-electron chi connectivity index (χ0n) is 6.71. The molecule has 74 valence electrons. The lowest BCUT2D eigenvalue weighted by molar-refractivity contribution is -0.0328. The Hall–Kier alpha value is -0.800. The molecule has 0 aromatic heterocycles. The van der Waals surface area contributed by atoms with Crippen molar-refractivity contribution in [2.75, 3.05) is 0 Å². The standard InChI is InChI=1S/C8H4F3NS2/c9-8(10,11)14-7-3-1-2-6(4-7)13-5-12/h1-4H. The summed E-state index contributed by atoms with van der Waals surface area (Å²) in [6.45, 7) is 0. The van der Waals surface area contributed by atoms with Crippen LogP contribution in [-0.2, 0) is 0 Å². The maximum Gasteiger partial charge on any atom is 0.446 e. The summed E-state index contributed by atoms with van der Waals surface area (Å²) in [5, 5.41) is 10.1. The highest BCUT2D eigenvalue weighted by Crippen LogP contribution is 2.37. The number of nitriles is 1. The van der Waals surface area contributed by atoms with Gasteiger partial charge in [0.15, 0.2) is 0 Å². The zero-order chi connectivity index (χ0) is 10.6. The highest BCUT2D eigenvalue weighted by atomic mass is 32.2. The van der Waals surface area contributed by atoms with E-state index in [9.17, 15) is 13.2 Å². The van der Waals surface area contributed by atoms with Crippen molar-refractivity contribution in [2.45, 2.75) is 15.3 Å². The predicted molar refractivity (Wildman–Crippen MR) is 49.8 cm³/mol. The fourth-order valence-corrected chi connectivity index (χ4v) is 1.90. The van der Waals surface area contributed by atoms with E-state index in [1.807, 2.05) is 0 Å². The number of benzene rings is 1. The molecule has 1 nitrogen and oxygen atoms in total. The third-order valence-corrected chi connectivity index (χ3v) is 2.50. The first-order chi connectivity index (χ1) is 6.51. The second-order valence-corrected chi connectivity index (χ2v) is 4.21. The number of rotatable bonds is 2. The summed E-state index contributed by atoms with van der Waals surface area (Å²) in [4.78, 5) is 0.611. The van der Waals surface area contributed by atoms with E-state index in [4.69, 9.17) is 5.26 Å². The number of hydrogen-bond donors (Lipinski definition) is 0. The van der Waals surface area contributed by atoms with Gasteiger partial charge in [0.2, 0.25) is 0 Å². The van der Waals surface area contributed by atoms with E-state index in [0.717, 1.165) is 11.8 Å². The Bertz CT molecular complexity index is 356. The Labute approximate surface area is 87.3 Å². The molecular weight excluding hydrogens is 231 g/mol. The summed E-state index contributed by atoms with van der Waals surface area (Å²) < 4.78 is 35.9. The summed E-state index contributed by atoms with van der Waals surface area (Å²) in [6.07, 6.45) is 0. The Balaban J connectivity index is 2.79. The monoisotopic (exact) mass is 235 g/mol. The van der Waals surface area contributed by atoms with E-state index >= 15 is 0 Å². The second-order valence-electron chi connectivity index (χ2n) is 2.22. The number of nitrogens with zero attached hydrogens (tertiary/aromatic N) is 1. The van der Waals surface area contributed by atoms with E-state index in [-0.39, 0.29) is 16.7 Å². The number of halogens is 3. The van der Waals surface area contributed by atoms with Crippen LogP contribution in [0, 0.1) is 10.7 Å². The van der Waals surface area contributed by atoms with Crippen LogP contribution >= 0.6 is 23.5 Å². The maximum absolute atomic E-state index is 12.0. The van der Waals surface area contributed by atoms with E-state index < -0.39 is 5.51 Å². The average Bonchev–Trinajstić information content (AvgIpc) is 2.02. The summed E-state index contributed by atoms with van der Waals surface area (Å²) in [6, 6.07) is 5.79. The fourth-order valence-electron chi connectivity index (χ4n) is 0.788. The van der Waals surface area contributed by atoms with Crippen molar-refractivity contribution in [1.82, 2.24) is 0 Å². The van der Waals surface area contributed by atoms with Crippen LogP contribution in [-0.4, -0.2) is 5.51 Å². The lowest BCUT2D eigenvalue weighted by Crippen LogP contribution is -1.98. The lowest BCUT2D eigenvalue weighted by Gasteiger charge is -2.05. The number of hydrogen-bond acceptors (Lipinski definition) is 3. The molecule has 0 bridgehead atoms. The molecule has 0 saturated carbocycles. The molecule has 0 aliphatic rings. The van der Waals surface area contributed by atoms with Crippen molar-refractivity contribution in [3.8, 4) is 5.40 Å². The van der Waals surface area contributed by atoms with Crippen molar-refractivity contribution in [2.24, 2.45) is 0 Å². The minimum atomic E-state index is -4.28. The van der Waals surface area contributed by atoms with Gasteiger partial charge in [0.05, 0.1) is 0 Å². The molecule has 0 N–H and O–H groups in total. The summed E-state index contributed by atoms with van der Waals surface area (Å²) in [7, 11) is 0. The van der Waals surface area contributed by atoms with Crippen LogP contribution < -0.4 is 0 Å². The van der Waals surface area contributed by atoms with Crippen LogP contribution in [0.25, 0.3) is 0 Å². The Morgan fingerprint density at radius 3 is 2.43 bits per heavy atom. The molecule has 1 aromatic rings. The first kappa shape index (κ1) is 11.3. The average molecular weight is 235 g/mol. The van der Waals surface area contributed by atoms with Gasteiger partial charge in [0.25, 0.3) is 0 Å². The molecule has 0 saturated heterocycles. The molecule has 0 spiro atoms. The van der Waals surface area contributed by atoms with Crippen molar-refractivity contribution in [1.29, 1.82) is 5.26 Å². The Morgan fingerprint density at radius 1 is 1.21 bits per heavy atom. The normalized spacial score (nSPS) is 11.0. The van der Waals surface area contributed by atoms with Crippen molar-refractivity contribution in [3.05, 3.63) is 24.3 Å². The fraction of sp³-hybridized carbons (Fsp3) is 0.125. The Kier molecular flexibility index (Phi) is 3.72. The van der Waals surface area contributed by atoms with Crippen LogP contribution in [0.3, 0.4) is 0 Å². The third-order valence-electron chi connectivity index (χ3n) is 1.20. The van der Waals surface area contributed by atoms with Gasteiger partial charge in [-0.05, 0) is 41.7 Å². The minimum Gasteiger partial charge on any atom is -0.185 e. The summed E-state index contributed by atoms with van der Waals surface area (Å²) in [5.74, 6) is 0. The minimum absolute atomic E-state index is 0.0951. The predicted octanol–water partition coefficient (Wildman–Crippen LogP) is 3.87. The SMILES string of the molecule is N#CSc1cccc(SC(F)(F)F)c1. The highest BCUT2D eigenvalue weighted by Gasteiger charge is 2.29. The second kappa shape index (κ2) is 4.62. The number of thiocyanates is 1. The highest BCUT2D eigenvalue weighted by molar-refractivity contribution is 8.03. The van der Waals surface area contributed by atoms with E-state index in [1.165, 1.54) is 18.2 Å². The van der Waals surface area contributed by atoms with Crippen LogP contribution in [0.4, 0.5) is 13.2 Å².